The molecule has 6 heteroatoms. The molecule has 0 saturated heterocycles. The molecule has 0 saturated carbocycles. The smallest absolute Gasteiger partial charge is 0.233 e. The quantitative estimate of drug-likeness (QED) is 0.378. The van der Waals surface area contributed by atoms with E-state index in [4.69, 9.17) is 9.35 Å². The highest BCUT2D eigenvalue weighted by molar-refractivity contribution is 7.44. The van der Waals surface area contributed by atoms with Crippen molar-refractivity contribution in [2.45, 2.75) is 39.8 Å². The van der Waals surface area contributed by atoms with E-state index in [9.17, 15) is 0 Å². The average Bonchev–Trinajstić information content (AvgIpc) is 2.03. The summed E-state index contributed by atoms with van der Waals surface area (Å²) in [5, 5.41) is 0. The lowest BCUT2D eigenvalue weighted by Gasteiger charge is -2.32. The largest absolute Gasteiger partial charge is 0.324 e. The maximum atomic E-state index is 5.01. The van der Waals surface area contributed by atoms with Gasteiger partial charge in [-0.2, -0.15) is 9.35 Å². The van der Waals surface area contributed by atoms with E-state index in [1.807, 2.05) is 4.67 Å². The lowest BCUT2D eigenvalue weighted by Crippen LogP contribution is -2.33. The zero-order chi connectivity index (χ0) is 11.1. The average molecular weight is 225 g/mol. The molecule has 0 aromatic rings. The highest BCUT2D eigenvalue weighted by atomic mass is 31.2. The van der Waals surface area contributed by atoms with Crippen LogP contribution in [0.1, 0.15) is 27.7 Å². The Morgan fingerprint density at radius 3 is 1.43 bits per heavy atom. The van der Waals surface area contributed by atoms with Crippen LogP contribution in [0.5, 0.6) is 0 Å². The molecule has 0 amide bonds. The fraction of sp³-hybridized carbons (Fsp3) is 1.00. The summed E-state index contributed by atoms with van der Waals surface area (Å²) >= 11 is 0. The number of nitrogens with zero attached hydrogens (tertiary/aromatic N) is 1. The second-order valence-corrected chi connectivity index (χ2v) is 4.52. The van der Waals surface area contributed by atoms with E-state index in [0.717, 1.165) is 0 Å². The Balaban J connectivity index is 4.37. The van der Waals surface area contributed by atoms with E-state index >= 15 is 0 Å². The zero-order valence-electron chi connectivity index (χ0n) is 9.68. The summed E-state index contributed by atoms with van der Waals surface area (Å²) in [4.78, 5) is 9.24. The van der Waals surface area contributed by atoms with E-state index in [0.29, 0.717) is 12.1 Å². The SMILES string of the molecule is COOP(OOC)N(C(C)C)C(C)C. The molecule has 0 aliphatic rings. The normalized spacial score (nSPS) is 12.4. The van der Waals surface area contributed by atoms with Crippen molar-refractivity contribution in [3.05, 3.63) is 0 Å². The van der Waals surface area contributed by atoms with Gasteiger partial charge in [0.2, 0.25) is 0 Å². The lowest BCUT2D eigenvalue weighted by atomic mass is 10.3. The second kappa shape index (κ2) is 7.51. The third-order valence-corrected chi connectivity index (χ3v) is 3.38. The van der Waals surface area contributed by atoms with Gasteiger partial charge in [0.1, 0.15) is 0 Å². The molecule has 0 fully saturated rings. The van der Waals surface area contributed by atoms with Gasteiger partial charge >= 0.3 is 8.53 Å². The molecule has 0 aromatic carbocycles. The maximum absolute atomic E-state index is 5.01. The van der Waals surface area contributed by atoms with Gasteiger partial charge in [0.15, 0.2) is 0 Å². The molecule has 5 nitrogen and oxygen atoms in total. The summed E-state index contributed by atoms with van der Waals surface area (Å²) in [6, 6.07) is 0.595. The molecular weight excluding hydrogens is 205 g/mol. The Kier molecular flexibility index (Phi) is 7.64. The summed E-state index contributed by atoms with van der Waals surface area (Å²) in [6.07, 6.45) is 0. The van der Waals surface area contributed by atoms with Crippen LogP contribution in [0, 0.1) is 0 Å². The summed E-state index contributed by atoms with van der Waals surface area (Å²) in [7, 11) is 1.59. The van der Waals surface area contributed by atoms with Gasteiger partial charge < -0.3 is 0 Å². The molecule has 0 bridgehead atoms. The molecule has 0 aromatic heterocycles. The summed E-state index contributed by atoms with van der Waals surface area (Å²) in [5.74, 6) is 0. The van der Waals surface area contributed by atoms with Crippen LogP contribution < -0.4 is 0 Å². The minimum absolute atomic E-state index is 0.298. The Labute approximate surface area is 87.1 Å². The summed E-state index contributed by atoms with van der Waals surface area (Å²) < 4.78 is 12.1. The van der Waals surface area contributed by atoms with Crippen molar-refractivity contribution in [2.24, 2.45) is 0 Å². The van der Waals surface area contributed by atoms with Gasteiger partial charge in [0, 0.05) is 12.1 Å². The molecule has 86 valence electrons. The van der Waals surface area contributed by atoms with Crippen LogP contribution in [0.3, 0.4) is 0 Å². The number of rotatable bonds is 7. The van der Waals surface area contributed by atoms with Gasteiger partial charge in [-0.15, -0.1) is 0 Å². The number of hydrogen-bond donors (Lipinski definition) is 0. The van der Waals surface area contributed by atoms with E-state index in [-0.39, 0.29) is 0 Å². The fourth-order valence-electron chi connectivity index (χ4n) is 1.19. The Hall–Kier alpha value is 0.230. The molecule has 0 aliphatic carbocycles. The Bertz CT molecular complexity index is 131. The minimum atomic E-state index is -1.31. The van der Waals surface area contributed by atoms with E-state index in [2.05, 4.69) is 37.5 Å². The molecule has 0 aliphatic heterocycles. The van der Waals surface area contributed by atoms with Gasteiger partial charge in [-0.3, -0.25) is 0 Å². The first-order valence-corrected chi connectivity index (χ1v) is 5.67. The lowest BCUT2D eigenvalue weighted by molar-refractivity contribution is -0.240. The molecule has 0 rings (SSSR count). The summed E-state index contributed by atoms with van der Waals surface area (Å²) in [5.41, 5.74) is 0. The predicted molar refractivity (Wildman–Crippen MR) is 55.2 cm³/mol. The molecule has 0 radical (unpaired) electrons. The predicted octanol–water partition coefficient (Wildman–Crippen LogP) is 2.49. The van der Waals surface area contributed by atoms with Gasteiger partial charge in [-0.25, -0.2) is 14.4 Å². The van der Waals surface area contributed by atoms with Gasteiger partial charge in [0.05, 0.1) is 14.2 Å². The molecule has 0 N–H and O–H groups in total. The van der Waals surface area contributed by atoms with Crippen molar-refractivity contribution in [2.75, 3.05) is 14.2 Å². The minimum Gasteiger partial charge on any atom is -0.233 e. The molecule has 0 atom stereocenters. The topological polar surface area (TPSA) is 40.2 Å². The van der Waals surface area contributed by atoms with Crippen LogP contribution in [-0.4, -0.2) is 31.0 Å². The molecule has 0 spiro atoms. The standard InChI is InChI=1S/C8H20NO4P/c1-7(2)9(8(3)4)14(12-10-5)13-11-6/h7-8H,1-6H3. The van der Waals surface area contributed by atoms with Crippen molar-refractivity contribution in [3.8, 4) is 0 Å². The van der Waals surface area contributed by atoms with Crippen LogP contribution >= 0.6 is 8.53 Å². The van der Waals surface area contributed by atoms with Crippen molar-refractivity contribution in [1.82, 2.24) is 4.67 Å². The Morgan fingerprint density at radius 2 is 1.21 bits per heavy atom. The van der Waals surface area contributed by atoms with Crippen LogP contribution in [0.15, 0.2) is 0 Å². The number of hydrogen-bond acceptors (Lipinski definition) is 5. The van der Waals surface area contributed by atoms with Crippen molar-refractivity contribution in [3.63, 3.8) is 0 Å². The highest BCUT2D eigenvalue weighted by Gasteiger charge is 2.28. The van der Waals surface area contributed by atoms with E-state index in [1.165, 1.54) is 14.2 Å². The monoisotopic (exact) mass is 225 g/mol. The van der Waals surface area contributed by atoms with Crippen molar-refractivity contribution >= 4 is 8.53 Å². The van der Waals surface area contributed by atoms with Crippen LogP contribution in [0.4, 0.5) is 0 Å². The molecular formula is C8H20NO4P. The van der Waals surface area contributed by atoms with Gasteiger partial charge in [0.25, 0.3) is 0 Å². The fourth-order valence-corrected chi connectivity index (χ4v) is 2.38. The van der Waals surface area contributed by atoms with Crippen molar-refractivity contribution in [1.29, 1.82) is 0 Å². The van der Waals surface area contributed by atoms with Crippen LogP contribution in [-0.2, 0) is 19.1 Å². The molecule has 0 unspecified atom stereocenters. The van der Waals surface area contributed by atoms with E-state index < -0.39 is 8.53 Å². The first kappa shape index (κ1) is 14.2. The van der Waals surface area contributed by atoms with Gasteiger partial charge in [-0.05, 0) is 27.7 Å². The highest BCUT2D eigenvalue weighted by Crippen LogP contribution is 2.45. The van der Waals surface area contributed by atoms with E-state index in [1.54, 1.807) is 0 Å². The van der Waals surface area contributed by atoms with Crippen LogP contribution in [0.25, 0.3) is 0 Å². The first-order chi connectivity index (χ1) is 6.54. The second-order valence-electron chi connectivity index (χ2n) is 3.29. The third kappa shape index (κ3) is 4.64. The van der Waals surface area contributed by atoms with Crippen LogP contribution in [0.2, 0.25) is 0 Å². The van der Waals surface area contributed by atoms with Gasteiger partial charge in [-0.1, -0.05) is 0 Å². The third-order valence-electron chi connectivity index (χ3n) is 1.52. The first-order valence-electron chi connectivity index (χ1n) is 4.54. The molecule has 0 heterocycles. The zero-order valence-corrected chi connectivity index (χ0v) is 10.6. The Morgan fingerprint density at radius 1 is 0.857 bits per heavy atom. The van der Waals surface area contributed by atoms with Crippen molar-refractivity contribution < 1.29 is 19.1 Å². The summed E-state index contributed by atoms with van der Waals surface area (Å²) in [6.45, 7) is 8.25. The maximum Gasteiger partial charge on any atom is 0.324 e. The molecule has 14 heavy (non-hydrogen) atoms.